The van der Waals surface area contributed by atoms with Crippen molar-refractivity contribution >= 4 is 39.1 Å². The summed E-state index contributed by atoms with van der Waals surface area (Å²) in [6, 6.07) is 8.97. The van der Waals surface area contributed by atoms with Crippen LogP contribution in [0.15, 0.2) is 69.3 Å². The van der Waals surface area contributed by atoms with E-state index in [9.17, 15) is 23.5 Å². The highest BCUT2D eigenvalue weighted by molar-refractivity contribution is 9.10. The Morgan fingerprint density at radius 1 is 1.16 bits per heavy atom. The Morgan fingerprint density at radius 2 is 1.94 bits per heavy atom. The lowest BCUT2D eigenvalue weighted by Crippen LogP contribution is -2.30. The average molecular weight is 490 g/mol. The van der Waals surface area contributed by atoms with Crippen molar-refractivity contribution in [3.05, 3.63) is 87.8 Å². The van der Waals surface area contributed by atoms with Gasteiger partial charge in [-0.1, -0.05) is 0 Å². The standard InChI is InChI=1S/C22H14BrF2NO5/c1-30-16-7-4-11(9-13(16)23)20(27)18-19(17-3-2-8-31-17)26(22(29)21(18)28)15-6-5-12(24)10-14(15)25/h2-10,19,27H,1H3/b20-18-. The average Bonchev–Trinajstić information content (AvgIpc) is 3.35. The summed E-state index contributed by atoms with van der Waals surface area (Å²) in [7, 11) is 1.47. The van der Waals surface area contributed by atoms with Crippen molar-refractivity contribution in [3.63, 3.8) is 0 Å². The number of anilines is 1. The number of hydrogen-bond donors (Lipinski definition) is 1. The van der Waals surface area contributed by atoms with Crippen molar-refractivity contribution in [1.82, 2.24) is 0 Å². The van der Waals surface area contributed by atoms with Gasteiger partial charge in [0.2, 0.25) is 0 Å². The predicted octanol–water partition coefficient (Wildman–Crippen LogP) is 4.96. The van der Waals surface area contributed by atoms with Gasteiger partial charge in [0, 0.05) is 11.6 Å². The molecule has 1 aliphatic rings. The first-order valence-corrected chi connectivity index (χ1v) is 9.76. The van der Waals surface area contributed by atoms with E-state index in [1.807, 2.05) is 0 Å². The van der Waals surface area contributed by atoms with E-state index in [4.69, 9.17) is 9.15 Å². The molecule has 2 aromatic carbocycles. The van der Waals surface area contributed by atoms with Crippen LogP contribution in [-0.2, 0) is 9.59 Å². The first kappa shape index (κ1) is 20.8. The molecule has 2 heterocycles. The number of halogens is 3. The monoisotopic (exact) mass is 489 g/mol. The van der Waals surface area contributed by atoms with Gasteiger partial charge in [-0.25, -0.2) is 8.78 Å². The lowest BCUT2D eigenvalue weighted by Gasteiger charge is -2.23. The smallest absolute Gasteiger partial charge is 0.300 e. The summed E-state index contributed by atoms with van der Waals surface area (Å²) in [6.07, 6.45) is 1.32. The van der Waals surface area contributed by atoms with Crippen molar-refractivity contribution in [2.24, 2.45) is 0 Å². The number of carbonyl (C=O) groups excluding carboxylic acids is 2. The van der Waals surface area contributed by atoms with Gasteiger partial charge < -0.3 is 14.3 Å². The topological polar surface area (TPSA) is 80.0 Å². The molecule has 3 aromatic rings. The fourth-order valence-corrected chi connectivity index (χ4v) is 3.98. The Hall–Kier alpha value is -3.46. The molecule has 31 heavy (non-hydrogen) atoms. The second kappa shape index (κ2) is 7.99. The molecule has 1 amide bonds. The van der Waals surface area contributed by atoms with Crippen molar-refractivity contribution in [1.29, 1.82) is 0 Å². The molecule has 1 atom stereocenters. The van der Waals surface area contributed by atoms with Gasteiger partial charge in [0.1, 0.15) is 34.9 Å². The number of ketones is 1. The van der Waals surface area contributed by atoms with Crippen molar-refractivity contribution in [2.45, 2.75) is 6.04 Å². The zero-order valence-corrected chi connectivity index (χ0v) is 17.5. The molecule has 0 saturated carbocycles. The summed E-state index contributed by atoms with van der Waals surface area (Å²) in [5.41, 5.74) is -0.387. The third kappa shape index (κ3) is 3.50. The minimum absolute atomic E-state index is 0.122. The maximum Gasteiger partial charge on any atom is 0.300 e. The molecule has 4 rings (SSSR count). The number of benzene rings is 2. The van der Waals surface area contributed by atoms with Crippen LogP contribution in [0.4, 0.5) is 14.5 Å². The molecule has 1 unspecified atom stereocenters. The SMILES string of the molecule is COc1ccc(/C(O)=C2/C(=O)C(=O)N(c3ccc(F)cc3F)C2c2ccco2)cc1Br. The van der Waals surface area contributed by atoms with Crippen LogP contribution in [0, 0.1) is 11.6 Å². The number of furan rings is 1. The second-order valence-corrected chi connectivity index (χ2v) is 7.48. The maximum atomic E-state index is 14.5. The van der Waals surface area contributed by atoms with Crippen LogP contribution in [-0.4, -0.2) is 23.9 Å². The number of aliphatic hydroxyl groups excluding tert-OH is 1. The number of Topliss-reactive ketones (excluding diaryl/α,β-unsaturated/α-hetero) is 1. The quantitative estimate of drug-likeness (QED) is 0.318. The molecule has 1 saturated heterocycles. The molecule has 1 aliphatic heterocycles. The molecule has 0 aliphatic carbocycles. The summed E-state index contributed by atoms with van der Waals surface area (Å²) in [4.78, 5) is 26.6. The van der Waals surface area contributed by atoms with Crippen molar-refractivity contribution < 1.29 is 32.6 Å². The lowest BCUT2D eigenvalue weighted by atomic mass is 9.99. The van der Waals surface area contributed by atoms with Gasteiger partial charge in [-0.15, -0.1) is 0 Å². The van der Waals surface area contributed by atoms with E-state index >= 15 is 0 Å². The van der Waals surface area contributed by atoms with Crippen LogP contribution in [0.1, 0.15) is 17.4 Å². The van der Waals surface area contributed by atoms with Crippen molar-refractivity contribution in [2.75, 3.05) is 12.0 Å². The Kier molecular flexibility index (Phi) is 5.36. The number of aliphatic hydroxyl groups is 1. The molecule has 1 fully saturated rings. The Labute approximate surface area is 183 Å². The summed E-state index contributed by atoms with van der Waals surface area (Å²) in [5.74, 6) is -3.85. The van der Waals surface area contributed by atoms with Gasteiger partial charge in [0.05, 0.1) is 29.1 Å². The number of carbonyl (C=O) groups is 2. The lowest BCUT2D eigenvalue weighted by molar-refractivity contribution is -0.132. The minimum atomic E-state index is -1.25. The number of amides is 1. The molecule has 158 valence electrons. The zero-order chi connectivity index (χ0) is 22.3. The number of rotatable bonds is 4. The number of hydrogen-bond acceptors (Lipinski definition) is 5. The predicted molar refractivity (Wildman–Crippen MR) is 111 cm³/mol. The van der Waals surface area contributed by atoms with Crippen LogP contribution in [0.3, 0.4) is 0 Å². The first-order valence-electron chi connectivity index (χ1n) is 8.97. The fourth-order valence-electron chi connectivity index (χ4n) is 3.44. The maximum absolute atomic E-state index is 14.5. The molecule has 0 bridgehead atoms. The van der Waals surface area contributed by atoms with Gasteiger partial charge >= 0.3 is 0 Å². The van der Waals surface area contributed by atoms with E-state index < -0.39 is 35.1 Å². The molecule has 1 N–H and O–H groups in total. The number of methoxy groups -OCH3 is 1. The van der Waals surface area contributed by atoms with Gasteiger partial charge in [0.25, 0.3) is 11.7 Å². The van der Waals surface area contributed by atoms with Gasteiger partial charge in [-0.05, 0) is 58.4 Å². The zero-order valence-electron chi connectivity index (χ0n) is 15.9. The van der Waals surface area contributed by atoms with E-state index in [0.29, 0.717) is 16.3 Å². The number of ether oxygens (including phenoxy) is 1. The first-order chi connectivity index (χ1) is 14.8. The molecular formula is C22H14BrF2NO5. The van der Waals surface area contributed by atoms with Crippen molar-refractivity contribution in [3.8, 4) is 5.75 Å². The molecule has 0 spiro atoms. The third-order valence-corrected chi connectivity index (χ3v) is 5.47. The molecule has 9 heteroatoms. The highest BCUT2D eigenvalue weighted by Crippen LogP contribution is 2.43. The van der Waals surface area contributed by atoms with Crippen LogP contribution < -0.4 is 9.64 Å². The normalized spacial score (nSPS) is 17.9. The number of nitrogens with zero attached hydrogens (tertiary/aromatic N) is 1. The van der Waals surface area contributed by atoms with Crippen LogP contribution >= 0.6 is 15.9 Å². The second-order valence-electron chi connectivity index (χ2n) is 6.63. The van der Waals surface area contributed by atoms with Gasteiger partial charge in [-0.2, -0.15) is 0 Å². The summed E-state index contributed by atoms with van der Waals surface area (Å²) in [5, 5.41) is 11.0. The van der Waals surface area contributed by atoms with E-state index in [-0.39, 0.29) is 22.6 Å². The fraction of sp³-hybridized carbons (Fsp3) is 0.0909. The Morgan fingerprint density at radius 3 is 2.55 bits per heavy atom. The Balaban J connectivity index is 1.93. The highest BCUT2D eigenvalue weighted by atomic mass is 79.9. The summed E-state index contributed by atoms with van der Waals surface area (Å²) < 4.78 is 39.0. The van der Waals surface area contributed by atoms with Crippen LogP contribution in [0.2, 0.25) is 0 Å². The Bertz CT molecular complexity index is 1220. The summed E-state index contributed by atoms with van der Waals surface area (Å²) in [6.45, 7) is 0. The largest absolute Gasteiger partial charge is 0.507 e. The summed E-state index contributed by atoms with van der Waals surface area (Å²) >= 11 is 3.31. The minimum Gasteiger partial charge on any atom is -0.507 e. The van der Waals surface area contributed by atoms with Crippen LogP contribution in [0.25, 0.3) is 5.76 Å². The van der Waals surface area contributed by atoms with Gasteiger partial charge in [0.15, 0.2) is 0 Å². The van der Waals surface area contributed by atoms with E-state index in [1.165, 1.54) is 37.6 Å². The van der Waals surface area contributed by atoms with Crippen LogP contribution in [0.5, 0.6) is 5.75 Å². The molecule has 6 nitrogen and oxygen atoms in total. The third-order valence-electron chi connectivity index (χ3n) is 4.85. The van der Waals surface area contributed by atoms with Gasteiger partial charge in [-0.3, -0.25) is 14.5 Å². The molecular weight excluding hydrogens is 476 g/mol. The van der Waals surface area contributed by atoms with E-state index in [1.54, 1.807) is 6.07 Å². The molecule has 0 radical (unpaired) electrons. The van der Waals surface area contributed by atoms with E-state index in [0.717, 1.165) is 17.0 Å². The molecule has 1 aromatic heterocycles. The highest BCUT2D eigenvalue weighted by Gasteiger charge is 2.49. The van der Waals surface area contributed by atoms with E-state index in [2.05, 4.69) is 15.9 Å².